The van der Waals surface area contributed by atoms with Crippen LogP contribution in [0.2, 0.25) is 0 Å². The van der Waals surface area contributed by atoms with Crippen LogP contribution < -0.4 is 0 Å². The molecule has 0 amide bonds. The summed E-state index contributed by atoms with van der Waals surface area (Å²) in [5.41, 5.74) is 0.628. The number of hydrogen-bond acceptors (Lipinski definition) is 1. The average molecular weight is 192 g/mol. The second kappa shape index (κ2) is 2.91. The molecule has 2 rings (SSSR count). The molecular formula is C12H13FO. The van der Waals surface area contributed by atoms with E-state index in [1.807, 2.05) is 19.9 Å². The van der Waals surface area contributed by atoms with Crippen molar-refractivity contribution in [2.24, 2.45) is 5.41 Å². The molecule has 0 aliphatic heterocycles. The van der Waals surface area contributed by atoms with Crippen LogP contribution in [0.4, 0.5) is 4.39 Å². The zero-order valence-electron chi connectivity index (χ0n) is 8.38. The van der Waals surface area contributed by atoms with Gasteiger partial charge in [0.25, 0.3) is 0 Å². The molecule has 0 N–H and O–H groups in total. The third-order valence-corrected chi connectivity index (χ3v) is 3.23. The van der Waals surface area contributed by atoms with Gasteiger partial charge in [-0.3, -0.25) is 4.79 Å². The predicted octanol–water partition coefficient (Wildman–Crippen LogP) is 2.91. The van der Waals surface area contributed by atoms with E-state index >= 15 is 0 Å². The predicted molar refractivity (Wildman–Crippen MR) is 52.5 cm³/mol. The van der Waals surface area contributed by atoms with Gasteiger partial charge in [0.2, 0.25) is 0 Å². The van der Waals surface area contributed by atoms with Crippen molar-refractivity contribution < 1.29 is 9.18 Å². The van der Waals surface area contributed by atoms with Gasteiger partial charge < -0.3 is 0 Å². The van der Waals surface area contributed by atoms with Gasteiger partial charge in [-0.15, -0.1) is 0 Å². The van der Waals surface area contributed by atoms with Gasteiger partial charge in [-0.2, -0.15) is 0 Å². The largest absolute Gasteiger partial charge is 0.299 e. The van der Waals surface area contributed by atoms with Crippen molar-refractivity contribution in [3.8, 4) is 0 Å². The topological polar surface area (TPSA) is 17.1 Å². The van der Waals surface area contributed by atoms with E-state index in [0.717, 1.165) is 5.56 Å². The molecule has 0 aromatic heterocycles. The lowest BCUT2D eigenvalue weighted by atomic mass is 9.59. The molecule has 14 heavy (non-hydrogen) atoms. The molecule has 0 radical (unpaired) electrons. The molecule has 1 nitrogen and oxygen atoms in total. The molecule has 0 heterocycles. The van der Waals surface area contributed by atoms with Gasteiger partial charge in [0.05, 0.1) is 0 Å². The van der Waals surface area contributed by atoms with Gasteiger partial charge in [-0.05, 0) is 17.7 Å². The normalized spacial score (nSPS) is 24.5. The number of carbonyl (C=O) groups is 1. The number of Topliss-reactive ketones (excluding diaryl/α,β-unsaturated/α-hetero) is 1. The minimum atomic E-state index is -0.312. The van der Waals surface area contributed by atoms with E-state index in [0.29, 0.717) is 6.42 Å². The van der Waals surface area contributed by atoms with E-state index in [1.54, 1.807) is 6.07 Å². The van der Waals surface area contributed by atoms with Crippen LogP contribution in [0.15, 0.2) is 24.3 Å². The lowest BCUT2D eigenvalue weighted by Crippen LogP contribution is -2.43. The van der Waals surface area contributed by atoms with Gasteiger partial charge in [0.15, 0.2) is 0 Å². The SMILES string of the molecule is CC1(C)C(=O)CC1c1cccc(F)c1. The molecule has 1 saturated carbocycles. The van der Waals surface area contributed by atoms with E-state index in [2.05, 4.69) is 0 Å². The quantitative estimate of drug-likeness (QED) is 0.668. The zero-order chi connectivity index (χ0) is 10.3. The van der Waals surface area contributed by atoms with Gasteiger partial charge in [-0.1, -0.05) is 26.0 Å². The number of carbonyl (C=O) groups excluding carboxylic acids is 1. The van der Waals surface area contributed by atoms with Crippen LogP contribution in [0, 0.1) is 11.2 Å². The van der Waals surface area contributed by atoms with Crippen LogP contribution in [0.5, 0.6) is 0 Å². The average Bonchev–Trinajstić information content (AvgIpc) is 2.14. The maximum absolute atomic E-state index is 13.0. The Kier molecular flexibility index (Phi) is 1.95. The van der Waals surface area contributed by atoms with E-state index in [1.165, 1.54) is 12.1 Å². The first-order valence-electron chi connectivity index (χ1n) is 4.80. The summed E-state index contributed by atoms with van der Waals surface area (Å²) in [5.74, 6) is 0.232. The Bertz CT molecular complexity index is 382. The molecule has 0 spiro atoms. The molecule has 1 aromatic rings. The van der Waals surface area contributed by atoms with E-state index < -0.39 is 0 Å². The Labute approximate surface area is 82.9 Å². The maximum atomic E-state index is 13.0. The molecule has 1 aromatic carbocycles. The van der Waals surface area contributed by atoms with Gasteiger partial charge in [0.1, 0.15) is 11.6 Å². The Morgan fingerprint density at radius 2 is 2.14 bits per heavy atom. The summed E-state index contributed by atoms with van der Waals surface area (Å²) in [6.45, 7) is 3.85. The first kappa shape index (κ1) is 9.38. The Morgan fingerprint density at radius 1 is 1.43 bits per heavy atom. The van der Waals surface area contributed by atoms with Crippen LogP contribution in [0.3, 0.4) is 0 Å². The third-order valence-electron chi connectivity index (χ3n) is 3.23. The first-order chi connectivity index (χ1) is 6.51. The summed E-state index contributed by atoms with van der Waals surface area (Å²) in [6, 6.07) is 6.54. The van der Waals surface area contributed by atoms with Crippen molar-refractivity contribution in [2.45, 2.75) is 26.2 Å². The molecule has 1 atom stereocenters. The molecule has 0 bridgehead atoms. The molecule has 1 unspecified atom stereocenters. The summed E-state index contributed by atoms with van der Waals surface area (Å²) in [4.78, 5) is 11.3. The summed E-state index contributed by atoms with van der Waals surface area (Å²) < 4.78 is 13.0. The van der Waals surface area contributed by atoms with Crippen LogP contribution in [-0.4, -0.2) is 5.78 Å². The minimum absolute atomic E-state index is 0.186. The van der Waals surface area contributed by atoms with E-state index in [4.69, 9.17) is 0 Å². The minimum Gasteiger partial charge on any atom is -0.299 e. The smallest absolute Gasteiger partial charge is 0.139 e. The van der Waals surface area contributed by atoms with Gasteiger partial charge in [0, 0.05) is 17.8 Å². The Balaban J connectivity index is 2.30. The Morgan fingerprint density at radius 3 is 2.64 bits per heavy atom. The summed E-state index contributed by atoms with van der Waals surface area (Å²) >= 11 is 0. The first-order valence-corrected chi connectivity index (χ1v) is 4.80. The molecular weight excluding hydrogens is 179 g/mol. The van der Waals surface area contributed by atoms with E-state index in [-0.39, 0.29) is 22.9 Å². The fraction of sp³-hybridized carbons (Fsp3) is 0.417. The lowest BCUT2D eigenvalue weighted by molar-refractivity contribution is -0.137. The number of rotatable bonds is 1. The highest BCUT2D eigenvalue weighted by Gasteiger charge is 2.47. The maximum Gasteiger partial charge on any atom is 0.139 e. The van der Waals surface area contributed by atoms with Crippen molar-refractivity contribution in [3.63, 3.8) is 0 Å². The third kappa shape index (κ3) is 1.26. The fourth-order valence-corrected chi connectivity index (χ4v) is 2.02. The molecule has 2 heteroatoms. The second-order valence-corrected chi connectivity index (χ2v) is 4.46. The highest BCUT2D eigenvalue weighted by atomic mass is 19.1. The second-order valence-electron chi connectivity index (χ2n) is 4.46. The fourth-order valence-electron chi connectivity index (χ4n) is 2.02. The van der Waals surface area contributed by atoms with Crippen molar-refractivity contribution in [3.05, 3.63) is 35.6 Å². The van der Waals surface area contributed by atoms with Gasteiger partial charge in [-0.25, -0.2) is 4.39 Å². The monoisotopic (exact) mass is 192 g/mol. The number of benzene rings is 1. The van der Waals surface area contributed by atoms with E-state index in [9.17, 15) is 9.18 Å². The lowest BCUT2D eigenvalue weighted by Gasteiger charge is -2.42. The highest BCUT2D eigenvalue weighted by Crippen LogP contribution is 2.49. The van der Waals surface area contributed by atoms with Crippen molar-refractivity contribution in [1.29, 1.82) is 0 Å². The van der Waals surface area contributed by atoms with Crippen molar-refractivity contribution >= 4 is 5.78 Å². The van der Waals surface area contributed by atoms with Crippen LogP contribution in [-0.2, 0) is 4.79 Å². The molecule has 0 saturated heterocycles. The summed E-state index contributed by atoms with van der Waals surface area (Å²) in [5, 5.41) is 0. The molecule has 74 valence electrons. The summed E-state index contributed by atoms with van der Waals surface area (Å²) in [6.07, 6.45) is 0.552. The number of halogens is 1. The standard InChI is InChI=1S/C12H13FO/c1-12(2)10(7-11(12)14)8-4-3-5-9(13)6-8/h3-6,10H,7H2,1-2H3. The molecule has 1 fully saturated rings. The number of ketones is 1. The zero-order valence-corrected chi connectivity index (χ0v) is 8.38. The Hall–Kier alpha value is -1.18. The van der Waals surface area contributed by atoms with Crippen LogP contribution in [0.25, 0.3) is 0 Å². The highest BCUT2D eigenvalue weighted by molar-refractivity contribution is 5.92. The van der Waals surface area contributed by atoms with Gasteiger partial charge >= 0.3 is 0 Å². The van der Waals surface area contributed by atoms with Crippen molar-refractivity contribution in [2.75, 3.05) is 0 Å². The molecule has 1 aliphatic rings. The molecule has 1 aliphatic carbocycles. The summed E-state index contributed by atoms with van der Waals surface area (Å²) in [7, 11) is 0. The number of hydrogen-bond donors (Lipinski definition) is 0. The van der Waals surface area contributed by atoms with Crippen molar-refractivity contribution in [1.82, 2.24) is 0 Å². The van der Waals surface area contributed by atoms with Crippen LogP contribution in [0.1, 0.15) is 31.7 Å². The van der Waals surface area contributed by atoms with Crippen LogP contribution >= 0.6 is 0 Å².